The molecule has 1 fully saturated rings. The summed E-state index contributed by atoms with van der Waals surface area (Å²) in [4.78, 5) is 18.1. The zero-order valence-electron chi connectivity index (χ0n) is 20.7. The number of thiazole rings is 1. The number of H-pyrrole nitrogens is 1. The van der Waals surface area contributed by atoms with Crippen molar-refractivity contribution >= 4 is 38.4 Å². The van der Waals surface area contributed by atoms with Gasteiger partial charge in [-0.05, 0) is 75.1 Å². The number of halogens is 2. The lowest BCUT2D eigenvalue weighted by Crippen LogP contribution is -2.54. The number of amides is 1. The highest BCUT2D eigenvalue weighted by atomic mass is 32.1. The number of nitrogens with zero attached hydrogens (tertiary/aromatic N) is 2. The molecule has 3 N–H and O–H groups in total. The zero-order valence-corrected chi connectivity index (χ0v) is 21.5. The summed E-state index contributed by atoms with van der Waals surface area (Å²) >= 11 is 1.61. The largest absolute Gasteiger partial charge is 0.393 e. The average molecular weight is 533 g/mol. The van der Waals surface area contributed by atoms with Gasteiger partial charge in [0.2, 0.25) is 0 Å². The quantitative estimate of drug-likeness (QED) is 0.256. The zero-order chi connectivity index (χ0) is 26.4. The monoisotopic (exact) mass is 532 g/mol. The Morgan fingerprint density at radius 2 is 2.00 bits per heavy atom. The highest BCUT2D eigenvalue weighted by Crippen LogP contribution is 2.35. The normalized spacial score (nSPS) is 19.7. The van der Waals surface area contributed by atoms with Crippen LogP contribution in [0.15, 0.2) is 54.6 Å². The molecule has 5 aromatic rings. The average Bonchev–Trinajstić information content (AvgIpc) is 3.48. The van der Waals surface area contributed by atoms with Crippen LogP contribution in [0.1, 0.15) is 46.6 Å². The first-order chi connectivity index (χ1) is 18.3. The molecule has 0 saturated heterocycles. The number of fused-ring (bicyclic) bond motifs is 2. The lowest BCUT2D eigenvalue weighted by molar-refractivity contribution is 0.0600. The second kappa shape index (κ2) is 9.56. The molecule has 0 radical (unpaired) electrons. The van der Waals surface area contributed by atoms with Crippen LogP contribution < -0.4 is 5.32 Å². The molecular formula is C29H26F2N4O2S. The maximum atomic E-state index is 14.5. The smallest absolute Gasteiger partial charge is 0.251 e. The lowest BCUT2D eigenvalue weighted by atomic mass is 9.75. The molecule has 194 valence electrons. The number of rotatable bonds is 5. The van der Waals surface area contributed by atoms with E-state index in [0.29, 0.717) is 24.8 Å². The molecular weight excluding hydrogens is 506 g/mol. The van der Waals surface area contributed by atoms with E-state index in [4.69, 9.17) is 0 Å². The van der Waals surface area contributed by atoms with Crippen molar-refractivity contribution in [2.24, 2.45) is 0 Å². The Balaban J connectivity index is 1.34. The number of aromatic amines is 1. The van der Waals surface area contributed by atoms with Crippen LogP contribution in [0, 0.1) is 18.6 Å². The molecule has 9 heteroatoms. The van der Waals surface area contributed by atoms with Crippen molar-refractivity contribution < 1.29 is 18.7 Å². The van der Waals surface area contributed by atoms with Crippen LogP contribution >= 0.6 is 11.3 Å². The third-order valence-corrected chi connectivity index (χ3v) is 8.30. The molecule has 0 aliphatic heterocycles. The molecule has 1 amide bonds. The number of carbonyl (C=O) groups is 1. The van der Waals surface area contributed by atoms with Gasteiger partial charge in [-0.1, -0.05) is 12.1 Å². The standard InChI is InChI=1S/C29H26F2N4O2S/c1-16-32-25-10-7-17(13-26(25)38-16)27-20-12-18(8-9-24(20)34-35-27)28(37)33-29(11-3-4-19(36)14-29)15-21-22(30)5-2-6-23(21)31/h2,5-10,12-13,19,36H,3-4,11,14-15H2,1H3,(H,33,37)(H,34,35)/t19-,29?/m0/s1. The van der Waals surface area contributed by atoms with Gasteiger partial charge in [0, 0.05) is 34.0 Å². The van der Waals surface area contributed by atoms with Crippen molar-refractivity contribution in [3.8, 4) is 11.3 Å². The topological polar surface area (TPSA) is 90.9 Å². The fourth-order valence-corrected chi connectivity index (χ4v) is 6.43. The Labute approximate surface area is 221 Å². The number of aromatic nitrogens is 3. The first-order valence-corrected chi connectivity index (χ1v) is 13.4. The SMILES string of the molecule is Cc1nc2ccc(-c3n[nH]c4ccc(C(=O)NC5(Cc6c(F)cccc6F)CCC[C@H](O)C5)cc34)cc2s1. The minimum absolute atomic E-state index is 0.0399. The summed E-state index contributed by atoms with van der Waals surface area (Å²) in [6.07, 6.45) is 1.26. The van der Waals surface area contributed by atoms with E-state index in [9.17, 15) is 18.7 Å². The van der Waals surface area contributed by atoms with Gasteiger partial charge in [-0.15, -0.1) is 11.3 Å². The molecule has 2 heterocycles. The van der Waals surface area contributed by atoms with Crippen molar-refractivity contribution in [2.45, 2.75) is 50.7 Å². The van der Waals surface area contributed by atoms with E-state index < -0.39 is 23.3 Å². The van der Waals surface area contributed by atoms with Crippen molar-refractivity contribution in [3.05, 3.63) is 82.4 Å². The molecule has 2 atom stereocenters. The molecule has 38 heavy (non-hydrogen) atoms. The molecule has 1 aliphatic rings. The second-order valence-corrected chi connectivity index (χ2v) is 11.3. The highest BCUT2D eigenvalue weighted by Gasteiger charge is 2.39. The van der Waals surface area contributed by atoms with Crippen molar-refractivity contribution in [1.29, 1.82) is 0 Å². The Bertz CT molecular complexity index is 1660. The van der Waals surface area contributed by atoms with Crippen LogP contribution in [0.5, 0.6) is 0 Å². The summed E-state index contributed by atoms with van der Waals surface area (Å²) in [5, 5.41) is 22.8. The van der Waals surface area contributed by atoms with E-state index in [2.05, 4.69) is 20.5 Å². The Morgan fingerprint density at radius 3 is 2.79 bits per heavy atom. The van der Waals surface area contributed by atoms with Crippen molar-refractivity contribution in [3.63, 3.8) is 0 Å². The van der Waals surface area contributed by atoms with E-state index in [1.807, 2.05) is 25.1 Å². The van der Waals surface area contributed by atoms with E-state index in [-0.39, 0.29) is 24.3 Å². The number of benzene rings is 3. The van der Waals surface area contributed by atoms with Crippen molar-refractivity contribution in [2.75, 3.05) is 0 Å². The first-order valence-electron chi connectivity index (χ1n) is 12.6. The number of hydrogen-bond acceptors (Lipinski definition) is 5. The third kappa shape index (κ3) is 4.56. The number of aliphatic hydroxyl groups is 1. The van der Waals surface area contributed by atoms with Crippen LogP contribution in [-0.2, 0) is 6.42 Å². The van der Waals surface area contributed by atoms with Crippen LogP contribution in [0.3, 0.4) is 0 Å². The molecule has 0 spiro atoms. The Morgan fingerprint density at radius 1 is 1.18 bits per heavy atom. The molecule has 0 bridgehead atoms. The van der Waals surface area contributed by atoms with Gasteiger partial charge >= 0.3 is 0 Å². The molecule has 1 saturated carbocycles. The van der Waals surface area contributed by atoms with Gasteiger partial charge in [0.15, 0.2) is 0 Å². The maximum Gasteiger partial charge on any atom is 0.251 e. The Hall–Kier alpha value is -3.69. The maximum absolute atomic E-state index is 14.5. The van der Waals surface area contributed by atoms with Gasteiger partial charge < -0.3 is 10.4 Å². The fraction of sp³-hybridized carbons (Fsp3) is 0.276. The van der Waals surface area contributed by atoms with Crippen LogP contribution in [0.25, 0.3) is 32.4 Å². The molecule has 2 aromatic heterocycles. The van der Waals surface area contributed by atoms with E-state index in [1.165, 1.54) is 18.2 Å². The minimum Gasteiger partial charge on any atom is -0.393 e. The molecule has 6 rings (SSSR count). The van der Waals surface area contributed by atoms with Crippen LogP contribution in [0.2, 0.25) is 0 Å². The van der Waals surface area contributed by atoms with Gasteiger partial charge in [0.25, 0.3) is 5.91 Å². The summed E-state index contributed by atoms with van der Waals surface area (Å²) in [7, 11) is 0. The summed E-state index contributed by atoms with van der Waals surface area (Å²) in [6.45, 7) is 1.97. The molecule has 1 unspecified atom stereocenters. The van der Waals surface area contributed by atoms with Crippen LogP contribution in [0.4, 0.5) is 8.78 Å². The van der Waals surface area contributed by atoms with Crippen LogP contribution in [-0.4, -0.2) is 37.8 Å². The van der Waals surface area contributed by atoms with E-state index >= 15 is 0 Å². The van der Waals surface area contributed by atoms with Gasteiger partial charge in [-0.25, -0.2) is 13.8 Å². The highest BCUT2D eigenvalue weighted by molar-refractivity contribution is 7.18. The predicted molar refractivity (Wildman–Crippen MR) is 144 cm³/mol. The lowest BCUT2D eigenvalue weighted by Gasteiger charge is -2.40. The number of hydrogen-bond donors (Lipinski definition) is 3. The number of aryl methyl sites for hydroxylation is 1. The van der Waals surface area contributed by atoms with E-state index in [0.717, 1.165) is 37.4 Å². The second-order valence-electron chi connectivity index (χ2n) is 10.1. The minimum atomic E-state index is -0.971. The number of nitrogens with one attached hydrogen (secondary N) is 2. The molecule has 1 aliphatic carbocycles. The summed E-state index contributed by atoms with van der Waals surface area (Å²) < 4.78 is 30.2. The first kappa shape index (κ1) is 24.6. The predicted octanol–water partition coefficient (Wildman–Crippen LogP) is 6.07. The summed E-state index contributed by atoms with van der Waals surface area (Å²) in [5.74, 6) is -1.68. The van der Waals surface area contributed by atoms with Gasteiger partial charge in [-0.3, -0.25) is 9.89 Å². The van der Waals surface area contributed by atoms with Gasteiger partial charge in [-0.2, -0.15) is 5.10 Å². The number of aliphatic hydroxyl groups excluding tert-OH is 1. The Kier molecular flexibility index (Phi) is 6.20. The summed E-state index contributed by atoms with van der Waals surface area (Å²) in [6, 6.07) is 15.0. The summed E-state index contributed by atoms with van der Waals surface area (Å²) in [5.41, 5.74) is 2.70. The third-order valence-electron chi connectivity index (χ3n) is 7.37. The molecule has 3 aromatic carbocycles. The number of carbonyl (C=O) groups excluding carboxylic acids is 1. The van der Waals surface area contributed by atoms with Crippen molar-refractivity contribution in [1.82, 2.24) is 20.5 Å². The van der Waals surface area contributed by atoms with E-state index in [1.54, 1.807) is 29.5 Å². The van der Waals surface area contributed by atoms with Gasteiger partial charge in [0.1, 0.15) is 11.6 Å². The molecule has 6 nitrogen and oxygen atoms in total. The fourth-order valence-electron chi connectivity index (χ4n) is 5.56. The van der Waals surface area contributed by atoms with Gasteiger partial charge in [0.05, 0.1) is 32.5 Å².